The molecule has 0 aliphatic carbocycles. The third-order valence-electron chi connectivity index (χ3n) is 3.26. The second kappa shape index (κ2) is 5.47. The van der Waals surface area contributed by atoms with Crippen LogP contribution in [0.1, 0.15) is 48.0 Å². The van der Waals surface area contributed by atoms with Crippen LogP contribution in [-0.2, 0) is 7.05 Å². The van der Waals surface area contributed by atoms with E-state index in [0.29, 0.717) is 12.0 Å². The molecular weight excluding hydrogens is 309 g/mol. The first-order valence-corrected chi connectivity index (χ1v) is 6.96. The molecule has 0 aromatic carbocycles. The van der Waals surface area contributed by atoms with Crippen LogP contribution in [0.4, 0.5) is 0 Å². The summed E-state index contributed by atoms with van der Waals surface area (Å²) < 4.78 is -0.518. The Balaban J connectivity index is 3.18. The Morgan fingerprint density at radius 2 is 1.74 bits per heavy atom. The van der Waals surface area contributed by atoms with Crippen LogP contribution in [0.3, 0.4) is 0 Å². The SMILES string of the molecule is CCC(C)(C)C(=O)c1cc(C(=O)C(Cl)(Cl)Cl)n(C)c1. The van der Waals surface area contributed by atoms with E-state index in [1.807, 2.05) is 20.8 Å². The molecule has 1 heterocycles. The van der Waals surface area contributed by atoms with E-state index in [2.05, 4.69) is 0 Å². The van der Waals surface area contributed by atoms with Crippen molar-refractivity contribution in [3.63, 3.8) is 0 Å². The molecule has 19 heavy (non-hydrogen) atoms. The molecule has 0 unspecified atom stereocenters. The van der Waals surface area contributed by atoms with Gasteiger partial charge in [-0.25, -0.2) is 0 Å². The van der Waals surface area contributed by atoms with E-state index in [4.69, 9.17) is 34.8 Å². The molecule has 106 valence electrons. The highest BCUT2D eigenvalue weighted by Gasteiger charge is 2.35. The number of Topliss-reactive ketones (excluding diaryl/α,β-unsaturated/α-hetero) is 2. The van der Waals surface area contributed by atoms with Gasteiger partial charge in [0.25, 0.3) is 3.79 Å². The number of alkyl halides is 3. The predicted octanol–water partition coefficient (Wildman–Crippen LogP) is 4.20. The number of hydrogen-bond acceptors (Lipinski definition) is 2. The van der Waals surface area contributed by atoms with Crippen molar-refractivity contribution in [1.82, 2.24) is 4.57 Å². The highest BCUT2D eigenvalue weighted by molar-refractivity contribution is 6.77. The van der Waals surface area contributed by atoms with Crippen molar-refractivity contribution < 1.29 is 9.59 Å². The van der Waals surface area contributed by atoms with Gasteiger partial charge in [-0.1, -0.05) is 55.6 Å². The highest BCUT2D eigenvalue weighted by atomic mass is 35.6. The molecule has 0 aliphatic rings. The van der Waals surface area contributed by atoms with Crippen LogP contribution in [0, 0.1) is 5.41 Å². The van der Waals surface area contributed by atoms with Crippen LogP contribution in [0.15, 0.2) is 12.3 Å². The summed E-state index contributed by atoms with van der Waals surface area (Å²) in [4.78, 5) is 24.2. The molecule has 0 spiro atoms. The fourth-order valence-electron chi connectivity index (χ4n) is 1.61. The zero-order valence-corrected chi connectivity index (χ0v) is 13.5. The standard InChI is InChI=1S/C13H16Cl3NO2/c1-5-12(2,3)10(18)8-6-9(17(4)7-8)11(19)13(14,15)16/h6-7H,5H2,1-4H3. The molecular formula is C13H16Cl3NO2. The lowest BCUT2D eigenvalue weighted by Crippen LogP contribution is -2.23. The molecule has 0 saturated carbocycles. The third kappa shape index (κ3) is 3.53. The fraction of sp³-hybridized carbons (Fsp3) is 0.538. The number of carbonyl (C=O) groups excluding carboxylic acids is 2. The number of rotatable bonds is 4. The van der Waals surface area contributed by atoms with Crippen molar-refractivity contribution in [2.75, 3.05) is 0 Å². The van der Waals surface area contributed by atoms with Crippen LogP contribution in [0.25, 0.3) is 0 Å². The van der Waals surface area contributed by atoms with Crippen molar-refractivity contribution in [3.8, 4) is 0 Å². The first-order chi connectivity index (χ1) is 8.50. The maximum atomic E-state index is 12.3. The molecule has 3 nitrogen and oxygen atoms in total. The smallest absolute Gasteiger partial charge is 0.255 e. The van der Waals surface area contributed by atoms with Crippen LogP contribution >= 0.6 is 34.8 Å². The van der Waals surface area contributed by atoms with Crippen LogP contribution in [0.2, 0.25) is 0 Å². The predicted molar refractivity (Wildman–Crippen MR) is 78.4 cm³/mol. The molecule has 0 aliphatic heterocycles. The van der Waals surface area contributed by atoms with Gasteiger partial charge >= 0.3 is 0 Å². The topological polar surface area (TPSA) is 39.1 Å². The van der Waals surface area contributed by atoms with Gasteiger partial charge in [0.2, 0.25) is 5.78 Å². The molecule has 0 amide bonds. The fourth-order valence-corrected chi connectivity index (χ4v) is 1.90. The van der Waals surface area contributed by atoms with E-state index in [-0.39, 0.29) is 11.5 Å². The van der Waals surface area contributed by atoms with Gasteiger partial charge in [-0.15, -0.1) is 0 Å². The third-order valence-corrected chi connectivity index (χ3v) is 3.77. The molecule has 0 atom stereocenters. The maximum absolute atomic E-state index is 12.3. The molecule has 1 aromatic heterocycles. The van der Waals surface area contributed by atoms with Crippen molar-refractivity contribution in [2.24, 2.45) is 12.5 Å². The Morgan fingerprint density at radius 1 is 1.21 bits per heavy atom. The lowest BCUT2D eigenvalue weighted by atomic mass is 9.83. The van der Waals surface area contributed by atoms with Crippen LogP contribution < -0.4 is 0 Å². The van der Waals surface area contributed by atoms with E-state index >= 15 is 0 Å². The molecule has 1 aromatic rings. The van der Waals surface area contributed by atoms with Gasteiger partial charge in [0.15, 0.2) is 5.78 Å². The maximum Gasteiger partial charge on any atom is 0.255 e. The molecule has 1 rings (SSSR count). The summed E-state index contributed by atoms with van der Waals surface area (Å²) in [6, 6.07) is 1.48. The minimum absolute atomic E-state index is 0.0334. The molecule has 0 N–H and O–H groups in total. The van der Waals surface area contributed by atoms with E-state index in [1.54, 1.807) is 13.2 Å². The summed E-state index contributed by atoms with van der Waals surface area (Å²) in [5.74, 6) is -0.678. The summed E-state index contributed by atoms with van der Waals surface area (Å²) in [6.45, 7) is 5.66. The van der Waals surface area contributed by atoms with Gasteiger partial charge in [-0.2, -0.15) is 0 Å². The first-order valence-electron chi connectivity index (χ1n) is 5.83. The van der Waals surface area contributed by atoms with Crippen molar-refractivity contribution in [2.45, 2.75) is 31.0 Å². The Morgan fingerprint density at radius 3 is 2.16 bits per heavy atom. The zero-order chi connectivity index (χ0) is 15.0. The Bertz CT molecular complexity index is 512. The largest absolute Gasteiger partial charge is 0.347 e. The van der Waals surface area contributed by atoms with Gasteiger partial charge in [0.1, 0.15) is 0 Å². The monoisotopic (exact) mass is 323 g/mol. The zero-order valence-electron chi connectivity index (χ0n) is 11.3. The quantitative estimate of drug-likeness (QED) is 0.615. The molecule has 0 bridgehead atoms. The summed E-state index contributed by atoms with van der Waals surface area (Å²) in [5.41, 5.74) is 0.170. The lowest BCUT2D eigenvalue weighted by molar-refractivity contribution is 0.0833. The van der Waals surface area contributed by atoms with Gasteiger partial charge in [0, 0.05) is 24.2 Å². The van der Waals surface area contributed by atoms with E-state index in [0.717, 1.165) is 0 Å². The summed E-state index contributed by atoms with van der Waals surface area (Å²) in [6.07, 6.45) is 2.29. The normalized spacial score (nSPS) is 12.6. The minimum atomic E-state index is -2.02. The number of carbonyl (C=O) groups is 2. The molecule has 0 saturated heterocycles. The van der Waals surface area contributed by atoms with Crippen LogP contribution in [-0.4, -0.2) is 19.9 Å². The lowest BCUT2D eigenvalue weighted by Gasteiger charge is -2.19. The second-order valence-corrected chi connectivity index (χ2v) is 7.40. The average Bonchev–Trinajstić information content (AvgIpc) is 2.67. The van der Waals surface area contributed by atoms with Gasteiger partial charge in [-0.3, -0.25) is 9.59 Å². The summed E-state index contributed by atoms with van der Waals surface area (Å²) in [7, 11) is 1.64. The van der Waals surface area contributed by atoms with E-state index in [9.17, 15) is 9.59 Å². The number of aryl methyl sites for hydroxylation is 1. The van der Waals surface area contributed by atoms with Crippen molar-refractivity contribution in [3.05, 3.63) is 23.5 Å². The van der Waals surface area contributed by atoms with E-state index in [1.165, 1.54) is 10.6 Å². The van der Waals surface area contributed by atoms with Gasteiger partial charge in [-0.05, 0) is 12.5 Å². The Kier molecular flexibility index (Phi) is 4.76. The molecule has 0 radical (unpaired) electrons. The van der Waals surface area contributed by atoms with Gasteiger partial charge in [0.05, 0.1) is 5.69 Å². The molecule has 6 heteroatoms. The number of ketones is 2. The second-order valence-electron chi connectivity index (χ2n) is 5.12. The number of halogens is 3. The van der Waals surface area contributed by atoms with Crippen molar-refractivity contribution >= 4 is 46.4 Å². The number of hydrogen-bond donors (Lipinski definition) is 0. The minimum Gasteiger partial charge on any atom is -0.347 e. The Labute approximate surface area is 127 Å². The van der Waals surface area contributed by atoms with Crippen LogP contribution in [0.5, 0.6) is 0 Å². The van der Waals surface area contributed by atoms with Gasteiger partial charge < -0.3 is 4.57 Å². The number of nitrogens with zero attached hydrogens (tertiary/aromatic N) is 1. The van der Waals surface area contributed by atoms with Crippen molar-refractivity contribution in [1.29, 1.82) is 0 Å². The highest BCUT2D eigenvalue weighted by Crippen LogP contribution is 2.32. The first kappa shape index (κ1) is 16.5. The number of aromatic nitrogens is 1. The van der Waals surface area contributed by atoms with E-state index < -0.39 is 15.0 Å². The summed E-state index contributed by atoms with van der Waals surface area (Å²) in [5, 5.41) is 0. The Hall–Kier alpha value is -0.510. The average molecular weight is 325 g/mol. The molecule has 0 fully saturated rings. The summed E-state index contributed by atoms with van der Waals surface area (Å²) >= 11 is 16.7.